The lowest BCUT2D eigenvalue weighted by Gasteiger charge is -2.10. The molecule has 0 saturated carbocycles. The second-order valence-electron chi connectivity index (χ2n) is 4.85. The van der Waals surface area contributed by atoms with Crippen LogP contribution >= 0.6 is 23.2 Å². The maximum absolute atomic E-state index is 6.13. The zero-order valence-electron chi connectivity index (χ0n) is 11.2. The van der Waals surface area contributed by atoms with Crippen LogP contribution in [0.2, 0.25) is 10.0 Å². The van der Waals surface area contributed by atoms with Gasteiger partial charge < -0.3 is 5.32 Å². The molecule has 0 unspecified atom stereocenters. The molecule has 2 rings (SSSR count). The lowest BCUT2D eigenvalue weighted by Crippen LogP contribution is -2.03. The Labute approximate surface area is 123 Å². The molecule has 0 atom stereocenters. The standard InChI is InChI=1S/C14H17Cl2N3/c1-9(2)14-10(8-19(3)18-14)7-17-13-6-11(15)4-5-12(13)16/h4-6,8-9,17H,7H2,1-3H3. The van der Waals surface area contributed by atoms with Crippen LogP contribution in [0.4, 0.5) is 5.69 Å². The van der Waals surface area contributed by atoms with Gasteiger partial charge in [-0.3, -0.25) is 4.68 Å². The number of aromatic nitrogens is 2. The van der Waals surface area contributed by atoms with E-state index in [1.54, 1.807) is 12.1 Å². The van der Waals surface area contributed by atoms with E-state index in [0.29, 0.717) is 22.5 Å². The number of aryl methyl sites for hydroxylation is 1. The molecule has 19 heavy (non-hydrogen) atoms. The van der Waals surface area contributed by atoms with Crippen LogP contribution in [0.15, 0.2) is 24.4 Å². The molecule has 0 aliphatic heterocycles. The minimum Gasteiger partial charge on any atom is -0.380 e. The van der Waals surface area contributed by atoms with E-state index < -0.39 is 0 Å². The lowest BCUT2D eigenvalue weighted by atomic mass is 10.1. The van der Waals surface area contributed by atoms with Crippen molar-refractivity contribution in [1.29, 1.82) is 0 Å². The first kappa shape index (κ1) is 14.2. The number of nitrogens with zero attached hydrogens (tertiary/aromatic N) is 2. The van der Waals surface area contributed by atoms with Crippen molar-refractivity contribution < 1.29 is 0 Å². The van der Waals surface area contributed by atoms with Crippen LogP contribution < -0.4 is 5.32 Å². The molecule has 0 amide bonds. The number of halogens is 2. The van der Waals surface area contributed by atoms with E-state index in [9.17, 15) is 0 Å². The topological polar surface area (TPSA) is 29.9 Å². The smallest absolute Gasteiger partial charge is 0.0699 e. The Kier molecular flexibility index (Phi) is 4.38. The Morgan fingerprint density at radius 2 is 2.05 bits per heavy atom. The molecular weight excluding hydrogens is 281 g/mol. The van der Waals surface area contributed by atoms with E-state index in [1.807, 2.05) is 24.0 Å². The molecule has 0 saturated heterocycles. The summed E-state index contributed by atoms with van der Waals surface area (Å²) in [7, 11) is 1.93. The summed E-state index contributed by atoms with van der Waals surface area (Å²) in [4.78, 5) is 0. The normalized spacial score (nSPS) is 11.1. The van der Waals surface area contributed by atoms with Gasteiger partial charge in [-0.25, -0.2) is 0 Å². The molecule has 0 radical (unpaired) electrons. The van der Waals surface area contributed by atoms with E-state index in [1.165, 1.54) is 5.56 Å². The average molecular weight is 298 g/mol. The van der Waals surface area contributed by atoms with Gasteiger partial charge >= 0.3 is 0 Å². The molecule has 0 aliphatic rings. The van der Waals surface area contributed by atoms with Crippen LogP contribution in [-0.4, -0.2) is 9.78 Å². The summed E-state index contributed by atoms with van der Waals surface area (Å²) in [5.41, 5.74) is 3.12. The molecule has 5 heteroatoms. The van der Waals surface area contributed by atoms with Crippen molar-refractivity contribution >= 4 is 28.9 Å². The number of hydrogen-bond acceptors (Lipinski definition) is 2. The molecule has 0 spiro atoms. The highest BCUT2D eigenvalue weighted by molar-refractivity contribution is 6.35. The van der Waals surface area contributed by atoms with Gasteiger partial charge in [-0.15, -0.1) is 0 Å². The predicted octanol–water partition coefficient (Wildman–Crippen LogP) is 4.46. The van der Waals surface area contributed by atoms with Gasteiger partial charge in [-0.2, -0.15) is 5.10 Å². The van der Waals surface area contributed by atoms with E-state index in [-0.39, 0.29) is 0 Å². The Balaban J connectivity index is 2.16. The van der Waals surface area contributed by atoms with E-state index in [4.69, 9.17) is 23.2 Å². The summed E-state index contributed by atoms with van der Waals surface area (Å²) in [6, 6.07) is 5.40. The fraction of sp³-hybridized carbons (Fsp3) is 0.357. The van der Waals surface area contributed by atoms with Gasteiger partial charge in [0.1, 0.15) is 0 Å². The molecule has 1 aromatic carbocycles. The summed E-state index contributed by atoms with van der Waals surface area (Å²) in [5.74, 6) is 0.396. The quantitative estimate of drug-likeness (QED) is 0.903. The predicted molar refractivity (Wildman–Crippen MR) is 81.1 cm³/mol. The third-order valence-electron chi connectivity index (χ3n) is 2.88. The Morgan fingerprint density at radius 3 is 2.74 bits per heavy atom. The Bertz CT molecular complexity index is 576. The minimum atomic E-state index is 0.396. The van der Waals surface area contributed by atoms with Gasteiger partial charge in [0.2, 0.25) is 0 Å². The lowest BCUT2D eigenvalue weighted by molar-refractivity contribution is 0.712. The molecule has 0 bridgehead atoms. The fourth-order valence-corrected chi connectivity index (χ4v) is 2.36. The van der Waals surface area contributed by atoms with Crippen LogP contribution in [0.1, 0.15) is 31.0 Å². The molecular formula is C14H17Cl2N3. The first-order valence-corrected chi connectivity index (χ1v) is 6.94. The van der Waals surface area contributed by atoms with Gasteiger partial charge in [0, 0.05) is 30.4 Å². The molecule has 102 valence electrons. The number of anilines is 1. The number of hydrogen-bond donors (Lipinski definition) is 1. The third kappa shape index (κ3) is 3.43. The summed E-state index contributed by atoms with van der Waals surface area (Å²) in [5, 5.41) is 9.12. The van der Waals surface area contributed by atoms with Gasteiger partial charge in [0.25, 0.3) is 0 Å². The zero-order valence-corrected chi connectivity index (χ0v) is 12.8. The van der Waals surface area contributed by atoms with E-state index in [0.717, 1.165) is 11.4 Å². The average Bonchev–Trinajstić information content (AvgIpc) is 2.72. The third-order valence-corrected chi connectivity index (χ3v) is 3.45. The highest BCUT2D eigenvalue weighted by Gasteiger charge is 2.11. The monoisotopic (exact) mass is 297 g/mol. The summed E-state index contributed by atoms with van der Waals surface area (Å²) >= 11 is 12.1. The molecule has 0 aliphatic carbocycles. The summed E-state index contributed by atoms with van der Waals surface area (Å²) in [6.07, 6.45) is 2.03. The highest BCUT2D eigenvalue weighted by atomic mass is 35.5. The maximum Gasteiger partial charge on any atom is 0.0699 e. The van der Waals surface area contributed by atoms with Gasteiger partial charge in [0.15, 0.2) is 0 Å². The van der Waals surface area contributed by atoms with Crippen molar-refractivity contribution in [2.45, 2.75) is 26.3 Å². The fourth-order valence-electron chi connectivity index (χ4n) is 2.00. The number of rotatable bonds is 4. The van der Waals surface area contributed by atoms with E-state index in [2.05, 4.69) is 24.3 Å². The van der Waals surface area contributed by atoms with Gasteiger partial charge in [0.05, 0.1) is 16.4 Å². The molecule has 1 heterocycles. The first-order chi connectivity index (χ1) is 8.97. The number of benzene rings is 1. The minimum absolute atomic E-state index is 0.396. The van der Waals surface area contributed by atoms with E-state index >= 15 is 0 Å². The maximum atomic E-state index is 6.13. The van der Waals surface area contributed by atoms with Crippen molar-refractivity contribution in [3.63, 3.8) is 0 Å². The first-order valence-electron chi connectivity index (χ1n) is 6.18. The van der Waals surface area contributed by atoms with Crippen molar-refractivity contribution in [3.05, 3.63) is 45.7 Å². The molecule has 2 aromatic rings. The summed E-state index contributed by atoms with van der Waals surface area (Å²) < 4.78 is 1.84. The number of nitrogens with one attached hydrogen (secondary N) is 1. The molecule has 0 fully saturated rings. The van der Waals surface area contributed by atoms with Gasteiger partial charge in [-0.1, -0.05) is 37.0 Å². The summed E-state index contributed by atoms with van der Waals surface area (Å²) in [6.45, 7) is 4.96. The van der Waals surface area contributed by atoms with Crippen LogP contribution in [0, 0.1) is 0 Å². The van der Waals surface area contributed by atoms with Crippen LogP contribution in [0.5, 0.6) is 0 Å². The van der Waals surface area contributed by atoms with Crippen molar-refractivity contribution in [2.24, 2.45) is 7.05 Å². The second-order valence-corrected chi connectivity index (χ2v) is 5.69. The van der Waals surface area contributed by atoms with Gasteiger partial charge in [-0.05, 0) is 24.1 Å². The Morgan fingerprint density at radius 1 is 1.32 bits per heavy atom. The van der Waals surface area contributed by atoms with Crippen molar-refractivity contribution in [3.8, 4) is 0 Å². The SMILES string of the molecule is CC(C)c1nn(C)cc1CNc1cc(Cl)ccc1Cl. The van der Waals surface area contributed by atoms with Crippen LogP contribution in [0.3, 0.4) is 0 Å². The van der Waals surface area contributed by atoms with Crippen LogP contribution in [0.25, 0.3) is 0 Å². The molecule has 1 N–H and O–H groups in total. The highest BCUT2D eigenvalue weighted by Crippen LogP contribution is 2.26. The van der Waals surface area contributed by atoms with Crippen molar-refractivity contribution in [2.75, 3.05) is 5.32 Å². The molecule has 1 aromatic heterocycles. The Hall–Kier alpha value is -1.19. The second kappa shape index (κ2) is 5.85. The van der Waals surface area contributed by atoms with Crippen LogP contribution in [-0.2, 0) is 13.6 Å². The van der Waals surface area contributed by atoms with Crippen molar-refractivity contribution in [1.82, 2.24) is 9.78 Å². The largest absolute Gasteiger partial charge is 0.380 e. The molecule has 3 nitrogen and oxygen atoms in total. The zero-order chi connectivity index (χ0) is 14.0.